The molecule has 0 bridgehead atoms. The van der Waals surface area contributed by atoms with Crippen LogP contribution in [0.2, 0.25) is 0 Å². The number of nitrogens with zero attached hydrogens (tertiary/aromatic N) is 1. The molecule has 3 amide bonds. The first-order valence-corrected chi connectivity index (χ1v) is 4.48. The first-order chi connectivity index (χ1) is 6.56. The van der Waals surface area contributed by atoms with Crippen LogP contribution in [0.25, 0.3) is 0 Å². The number of primary amides is 1. The summed E-state index contributed by atoms with van der Waals surface area (Å²) in [7, 11) is 3.69. The summed E-state index contributed by atoms with van der Waals surface area (Å²) in [6.45, 7) is 1.89. The Morgan fingerprint density at radius 2 is 2.07 bits per heavy atom. The molecule has 0 saturated heterocycles. The summed E-state index contributed by atoms with van der Waals surface area (Å²) in [5.41, 5.74) is 4.79. The molecule has 0 aromatic carbocycles. The van der Waals surface area contributed by atoms with Crippen molar-refractivity contribution in [2.75, 3.05) is 33.7 Å². The summed E-state index contributed by atoms with van der Waals surface area (Å²) >= 11 is 0. The molecule has 0 aromatic heterocycles. The van der Waals surface area contributed by atoms with Gasteiger partial charge in [0.05, 0.1) is 6.54 Å². The van der Waals surface area contributed by atoms with Crippen molar-refractivity contribution in [3.05, 3.63) is 0 Å². The number of carbonyl (C=O) groups excluding carboxylic acids is 2. The maximum absolute atomic E-state index is 11.0. The standard InChI is InChI=1S/C8H18N4O2/c1-10-4-3-5-12(2)6-7(13)11-8(9)14/h10H,3-6H2,1-2H3,(H3,9,11,13,14). The highest BCUT2D eigenvalue weighted by Gasteiger charge is 2.07. The van der Waals surface area contributed by atoms with Gasteiger partial charge in [-0.1, -0.05) is 0 Å². The summed E-state index contributed by atoms with van der Waals surface area (Å²) in [6.07, 6.45) is 0.955. The average molecular weight is 202 g/mol. The molecule has 0 unspecified atom stereocenters. The lowest BCUT2D eigenvalue weighted by molar-refractivity contribution is -0.120. The Kier molecular flexibility index (Phi) is 6.69. The van der Waals surface area contributed by atoms with Crippen molar-refractivity contribution in [1.29, 1.82) is 0 Å². The van der Waals surface area contributed by atoms with E-state index in [0.717, 1.165) is 19.5 Å². The van der Waals surface area contributed by atoms with Gasteiger partial charge >= 0.3 is 6.03 Å². The molecule has 6 nitrogen and oxygen atoms in total. The molecular formula is C8H18N4O2. The van der Waals surface area contributed by atoms with Crippen molar-refractivity contribution in [1.82, 2.24) is 15.5 Å². The highest BCUT2D eigenvalue weighted by molar-refractivity contribution is 5.94. The molecule has 0 fully saturated rings. The van der Waals surface area contributed by atoms with Gasteiger partial charge in [-0.05, 0) is 33.6 Å². The van der Waals surface area contributed by atoms with Crippen LogP contribution in [0.15, 0.2) is 0 Å². The van der Waals surface area contributed by atoms with E-state index in [4.69, 9.17) is 5.73 Å². The second-order valence-electron chi connectivity index (χ2n) is 3.11. The van der Waals surface area contributed by atoms with E-state index in [2.05, 4.69) is 5.32 Å². The molecule has 0 aliphatic rings. The fraction of sp³-hybridized carbons (Fsp3) is 0.750. The third kappa shape index (κ3) is 7.51. The Morgan fingerprint density at radius 3 is 2.57 bits per heavy atom. The summed E-state index contributed by atoms with van der Waals surface area (Å²) in [5, 5.41) is 5.01. The topological polar surface area (TPSA) is 87.5 Å². The van der Waals surface area contributed by atoms with Gasteiger partial charge in [0.1, 0.15) is 0 Å². The fourth-order valence-electron chi connectivity index (χ4n) is 1.03. The van der Waals surface area contributed by atoms with Crippen molar-refractivity contribution in [3.8, 4) is 0 Å². The SMILES string of the molecule is CNCCCN(C)CC(=O)NC(N)=O. The number of likely N-dealkylation sites (N-methyl/N-ethyl adjacent to an activating group) is 1. The minimum absolute atomic E-state index is 0.187. The van der Waals surface area contributed by atoms with Crippen LogP contribution in [0, 0.1) is 0 Å². The number of amides is 3. The fourth-order valence-corrected chi connectivity index (χ4v) is 1.03. The Morgan fingerprint density at radius 1 is 1.43 bits per heavy atom. The van der Waals surface area contributed by atoms with Gasteiger partial charge in [0, 0.05) is 0 Å². The lowest BCUT2D eigenvalue weighted by atomic mass is 10.4. The maximum atomic E-state index is 11.0. The third-order valence-electron chi connectivity index (χ3n) is 1.64. The van der Waals surface area contributed by atoms with E-state index in [1.807, 2.05) is 24.3 Å². The summed E-state index contributed by atoms with van der Waals surface area (Å²) in [4.78, 5) is 23.2. The zero-order valence-corrected chi connectivity index (χ0v) is 8.67. The molecule has 0 radical (unpaired) electrons. The molecule has 82 valence electrons. The van der Waals surface area contributed by atoms with Crippen molar-refractivity contribution in [3.63, 3.8) is 0 Å². The zero-order valence-electron chi connectivity index (χ0n) is 8.67. The average Bonchev–Trinajstić information content (AvgIpc) is 2.02. The van der Waals surface area contributed by atoms with E-state index >= 15 is 0 Å². The molecule has 14 heavy (non-hydrogen) atoms. The quantitative estimate of drug-likeness (QED) is 0.468. The smallest absolute Gasteiger partial charge is 0.318 e. The molecule has 6 heteroatoms. The van der Waals surface area contributed by atoms with E-state index in [1.54, 1.807) is 0 Å². The van der Waals surface area contributed by atoms with Gasteiger partial charge in [-0.15, -0.1) is 0 Å². The number of hydrogen-bond acceptors (Lipinski definition) is 4. The predicted octanol–water partition coefficient (Wildman–Crippen LogP) is -1.28. The third-order valence-corrected chi connectivity index (χ3v) is 1.64. The molecule has 0 atom stereocenters. The normalized spacial score (nSPS) is 10.2. The second kappa shape index (κ2) is 7.28. The van der Waals surface area contributed by atoms with Gasteiger partial charge in [-0.3, -0.25) is 15.0 Å². The van der Waals surface area contributed by atoms with Crippen molar-refractivity contribution >= 4 is 11.9 Å². The maximum Gasteiger partial charge on any atom is 0.318 e. The number of carbonyl (C=O) groups is 2. The highest BCUT2D eigenvalue weighted by atomic mass is 16.2. The minimum Gasteiger partial charge on any atom is -0.351 e. The Labute approximate surface area is 83.8 Å². The lowest BCUT2D eigenvalue weighted by Gasteiger charge is -2.14. The predicted molar refractivity (Wildman–Crippen MR) is 53.8 cm³/mol. The van der Waals surface area contributed by atoms with E-state index in [1.165, 1.54) is 0 Å². The molecular weight excluding hydrogens is 184 g/mol. The number of nitrogens with two attached hydrogens (primary N) is 1. The van der Waals surface area contributed by atoms with Crippen molar-refractivity contribution < 1.29 is 9.59 Å². The van der Waals surface area contributed by atoms with Gasteiger partial charge in [0.15, 0.2) is 0 Å². The summed E-state index contributed by atoms with van der Waals surface area (Å²) in [5.74, 6) is -0.371. The van der Waals surface area contributed by atoms with Gasteiger partial charge in [-0.25, -0.2) is 4.79 Å². The zero-order chi connectivity index (χ0) is 11.0. The number of rotatable bonds is 6. The molecule has 0 aromatic rings. The minimum atomic E-state index is -0.807. The van der Waals surface area contributed by atoms with Crippen LogP contribution >= 0.6 is 0 Å². The Hall–Kier alpha value is -1.14. The van der Waals surface area contributed by atoms with Gasteiger partial charge in [0.25, 0.3) is 0 Å². The molecule has 0 aliphatic heterocycles. The number of hydrogen-bond donors (Lipinski definition) is 3. The first kappa shape index (κ1) is 12.9. The molecule has 0 heterocycles. The molecule has 0 saturated carbocycles. The second-order valence-corrected chi connectivity index (χ2v) is 3.11. The van der Waals surface area contributed by atoms with Crippen LogP contribution in [-0.2, 0) is 4.79 Å². The number of urea groups is 1. The summed E-state index contributed by atoms with van der Waals surface area (Å²) < 4.78 is 0. The van der Waals surface area contributed by atoms with Crippen LogP contribution < -0.4 is 16.4 Å². The largest absolute Gasteiger partial charge is 0.351 e. The van der Waals surface area contributed by atoms with Crippen LogP contribution in [0.3, 0.4) is 0 Å². The van der Waals surface area contributed by atoms with E-state index < -0.39 is 6.03 Å². The van der Waals surface area contributed by atoms with E-state index in [9.17, 15) is 9.59 Å². The molecule has 4 N–H and O–H groups in total. The van der Waals surface area contributed by atoms with Gasteiger partial charge in [0.2, 0.25) is 5.91 Å². The monoisotopic (exact) mass is 202 g/mol. The Bertz CT molecular complexity index is 196. The first-order valence-electron chi connectivity index (χ1n) is 4.48. The van der Waals surface area contributed by atoms with E-state index in [0.29, 0.717) is 0 Å². The van der Waals surface area contributed by atoms with Crippen molar-refractivity contribution in [2.45, 2.75) is 6.42 Å². The van der Waals surface area contributed by atoms with Crippen LogP contribution in [0.4, 0.5) is 4.79 Å². The van der Waals surface area contributed by atoms with Gasteiger partial charge < -0.3 is 11.1 Å². The molecule has 0 aliphatic carbocycles. The van der Waals surface area contributed by atoms with E-state index in [-0.39, 0.29) is 12.5 Å². The summed E-state index contributed by atoms with van der Waals surface area (Å²) in [6, 6.07) is -0.807. The lowest BCUT2D eigenvalue weighted by Crippen LogP contribution is -2.41. The molecule has 0 spiro atoms. The number of nitrogens with one attached hydrogen (secondary N) is 2. The van der Waals surface area contributed by atoms with Crippen molar-refractivity contribution in [2.24, 2.45) is 5.73 Å². The number of imide groups is 1. The molecule has 0 rings (SSSR count). The van der Waals surface area contributed by atoms with Crippen LogP contribution in [0.1, 0.15) is 6.42 Å². The van der Waals surface area contributed by atoms with Gasteiger partial charge in [-0.2, -0.15) is 0 Å². The van der Waals surface area contributed by atoms with Crippen LogP contribution in [0.5, 0.6) is 0 Å². The Balaban J connectivity index is 3.55. The van der Waals surface area contributed by atoms with Crippen LogP contribution in [-0.4, -0.2) is 50.6 Å². The highest BCUT2D eigenvalue weighted by Crippen LogP contribution is 1.85.